The molecule has 2 aromatic rings. The van der Waals surface area contributed by atoms with Crippen LogP contribution in [0.3, 0.4) is 0 Å². The first kappa shape index (κ1) is 22.4. The molecule has 0 aliphatic carbocycles. The molecule has 0 bridgehead atoms. The number of benzene rings is 1. The number of aryl methyl sites for hydroxylation is 1. The second-order valence-corrected chi connectivity index (χ2v) is 8.12. The Labute approximate surface area is 177 Å². The molecule has 1 fully saturated rings. The smallest absolute Gasteiger partial charge is 0.229 e. The molecule has 2 heterocycles. The molecule has 0 radical (unpaired) electrons. The highest BCUT2D eigenvalue weighted by molar-refractivity contribution is 5.78. The maximum absolute atomic E-state index is 14.0. The molecule has 7 heteroatoms. The molecule has 0 unspecified atom stereocenters. The van der Waals surface area contributed by atoms with Gasteiger partial charge in [-0.05, 0) is 65.3 Å². The van der Waals surface area contributed by atoms with E-state index in [1.54, 1.807) is 18.2 Å². The molecule has 1 saturated heterocycles. The maximum Gasteiger partial charge on any atom is 0.229 e. The van der Waals surface area contributed by atoms with E-state index < -0.39 is 0 Å². The molecule has 1 aliphatic heterocycles. The van der Waals surface area contributed by atoms with E-state index in [1.165, 1.54) is 6.07 Å². The van der Waals surface area contributed by atoms with Crippen LogP contribution >= 0.6 is 0 Å². The number of hydrogen-bond donors (Lipinski definition) is 1. The van der Waals surface area contributed by atoms with Crippen LogP contribution in [0, 0.1) is 18.7 Å². The molecule has 0 atom stereocenters. The van der Waals surface area contributed by atoms with Crippen LogP contribution in [0.1, 0.15) is 44.6 Å². The number of amides is 1. The number of nitrogens with one attached hydrogen (secondary N) is 1. The molecule has 30 heavy (non-hydrogen) atoms. The van der Waals surface area contributed by atoms with E-state index in [9.17, 15) is 9.18 Å². The van der Waals surface area contributed by atoms with Gasteiger partial charge in [0.2, 0.25) is 11.8 Å². The van der Waals surface area contributed by atoms with E-state index >= 15 is 0 Å². The Morgan fingerprint density at radius 2 is 2.07 bits per heavy atom. The lowest BCUT2D eigenvalue weighted by atomic mass is 9.95. The number of oxazole rings is 1. The van der Waals surface area contributed by atoms with Crippen LogP contribution in [0.15, 0.2) is 28.7 Å². The van der Waals surface area contributed by atoms with Crippen LogP contribution < -0.4 is 5.32 Å². The molecule has 1 N–H and O–H groups in total. The monoisotopic (exact) mass is 417 g/mol. The summed E-state index contributed by atoms with van der Waals surface area (Å²) in [6, 6.07) is 6.49. The number of rotatable bonds is 9. The molecule has 1 aliphatic rings. The summed E-state index contributed by atoms with van der Waals surface area (Å²) in [6.07, 6.45) is 2.70. The third-order valence-corrected chi connectivity index (χ3v) is 5.40. The van der Waals surface area contributed by atoms with Gasteiger partial charge >= 0.3 is 0 Å². The minimum atomic E-state index is -0.340. The summed E-state index contributed by atoms with van der Waals surface area (Å²) in [7, 11) is 0. The maximum atomic E-state index is 14.0. The van der Waals surface area contributed by atoms with Crippen molar-refractivity contribution in [3.05, 3.63) is 41.5 Å². The molecule has 164 valence electrons. The summed E-state index contributed by atoms with van der Waals surface area (Å²) >= 11 is 0. The lowest BCUT2D eigenvalue weighted by Gasteiger charge is -2.30. The predicted octanol–water partition coefficient (Wildman–Crippen LogP) is 3.93. The Morgan fingerprint density at radius 3 is 2.77 bits per heavy atom. The number of hydrogen-bond acceptors (Lipinski definition) is 5. The van der Waals surface area contributed by atoms with Gasteiger partial charge < -0.3 is 14.5 Å². The first-order chi connectivity index (χ1) is 14.4. The molecule has 0 spiro atoms. The summed E-state index contributed by atoms with van der Waals surface area (Å²) in [5.41, 5.74) is 1.20. The normalized spacial score (nSPS) is 15.6. The second-order valence-electron chi connectivity index (χ2n) is 8.12. The van der Waals surface area contributed by atoms with Gasteiger partial charge in [0.1, 0.15) is 11.6 Å². The number of carbonyl (C=O) groups excluding carboxylic acids is 1. The van der Waals surface area contributed by atoms with Crippen molar-refractivity contribution >= 4 is 5.91 Å². The first-order valence-electron chi connectivity index (χ1n) is 10.8. The Morgan fingerprint density at radius 1 is 1.33 bits per heavy atom. The summed E-state index contributed by atoms with van der Waals surface area (Å²) in [4.78, 5) is 19.2. The van der Waals surface area contributed by atoms with E-state index in [2.05, 4.69) is 15.2 Å². The average molecular weight is 418 g/mol. The number of aromatic nitrogens is 1. The number of carbonyl (C=O) groups is 1. The average Bonchev–Trinajstić information content (AvgIpc) is 3.08. The van der Waals surface area contributed by atoms with E-state index in [0.29, 0.717) is 36.9 Å². The van der Waals surface area contributed by atoms with Gasteiger partial charge in [-0.2, -0.15) is 0 Å². The lowest BCUT2D eigenvalue weighted by Crippen LogP contribution is -2.40. The second kappa shape index (κ2) is 10.7. The van der Waals surface area contributed by atoms with Gasteiger partial charge in [-0.1, -0.05) is 12.1 Å². The summed E-state index contributed by atoms with van der Waals surface area (Å²) < 4.78 is 25.2. The lowest BCUT2D eigenvalue weighted by molar-refractivity contribution is -0.126. The largest absolute Gasteiger partial charge is 0.441 e. The zero-order valence-corrected chi connectivity index (χ0v) is 18.1. The Kier molecular flexibility index (Phi) is 7.99. The van der Waals surface area contributed by atoms with Crippen LogP contribution in [-0.2, 0) is 16.1 Å². The number of likely N-dealkylation sites (tertiary alicyclic amines) is 1. The van der Waals surface area contributed by atoms with Crippen LogP contribution in [0.2, 0.25) is 0 Å². The van der Waals surface area contributed by atoms with Crippen molar-refractivity contribution < 1.29 is 18.3 Å². The van der Waals surface area contributed by atoms with Crippen molar-refractivity contribution in [2.45, 2.75) is 52.7 Å². The molecular formula is C23H32FN3O3. The third kappa shape index (κ3) is 6.12. The van der Waals surface area contributed by atoms with Crippen LogP contribution in [0.4, 0.5) is 4.39 Å². The van der Waals surface area contributed by atoms with Crippen molar-refractivity contribution in [3.63, 3.8) is 0 Å². The number of nitrogens with zero attached hydrogens (tertiary/aromatic N) is 2. The topological polar surface area (TPSA) is 67.6 Å². The van der Waals surface area contributed by atoms with Crippen LogP contribution in [-0.4, -0.2) is 48.1 Å². The molecule has 1 aromatic heterocycles. The first-order valence-corrected chi connectivity index (χ1v) is 10.8. The van der Waals surface area contributed by atoms with Crippen LogP contribution in [0.5, 0.6) is 0 Å². The fourth-order valence-corrected chi connectivity index (χ4v) is 3.64. The highest BCUT2D eigenvalue weighted by Gasteiger charge is 2.26. The van der Waals surface area contributed by atoms with Crippen molar-refractivity contribution in [2.75, 3.05) is 26.2 Å². The fraction of sp³-hybridized carbons (Fsp3) is 0.565. The molecular weight excluding hydrogens is 385 g/mol. The number of halogens is 1. The van der Waals surface area contributed by atoms with Gasteiger partial charge in [-0.15, -0.1) is 0 Å². The van der Waals surface area contributed by atoms with E-state index in [0.717, 1.165) is 38.0 Å². The van der Waals surface area contributed by atoms with E-state index in [4.69, 9.17) is 9.15 Å². The van der Waals surface area contributed by atoms with Crippen molar-refractivity contribution in [1.29, 1.82) is 0 Å². The SMILES string of the molecule is Cc1oc(-c2ccccc2F)nc1CN1CCC(C(=O)NCCCOC(C)C)CC1. The van der Waals surface area contributed by atoms with Crippen molar-refractivity contribution in [2.24, 2.45) is 5.92 Å². The summed E-state index contributed by atoms with van der Waals surface area (Å²) in [5, 5.41) is 3.03. The minimum absolute atomic E-state index is 0.0552. The fourth-order valence-electron chi connectivity index (χ4n) is 3.64. The van der Waals surface area contributed by atoms with Gasteiger partial charge in [-0.3, -0.25) is 9.69 Å². The molecule has 6 nitrogen and oxygen atoms in total. The van der Waals surface area contributed by atoms with Gasteiger partial charge in [0.25, 0.3) is 0 Å². The quantitative estimate of drug-likeness (QED) is 0.626. The molecule has 1 aromatic carbocycles. The van der Waals surface area contributed by atoms with Gasteiger partial charge in [0.15, 0.2) is 0 Å². The Balaban J connectivity index is 1.45. The van der Waals surface area contributed by atoms with Crippen molar-refractivity contribution in [1.82, 2.24) is 15.2 Å². The summed E-state index contributed by atoms with van der Waals surface area (Å²) in [6.45, 7) is 9.50. The molecule has 1 amide bonds. The predicted molar refractivity (Wildman–Crippen MR) is 113 cm³/mol. The Bertz CT molecular complexity index is 829. The van der Waals surface area contributed by atoms with Crippen molar-refractivity contribution in [3.8, 4) is 11.5 Å². The molecule has 0 saturated carbocycles. The van der Waals surface area contributed by atoms with E-state index in [1.807, 2.05) is 20.8 Å². The highest BCUT2D eigenvalue weighted by Crippen LogP contribution is 2.26. The minimum Gasteiger partial charge on any atom is -0.441 e. The van der Waals surface area contributed by atoms with E-state index in [-0.39, 0.29) is 23.7 Å². The summed E-state index contributed by atoms with van der Waals surface area (Å²) in [5.74, 6) is 0.874. The Hall–Kier alpha value is -2.25. The van der Waals surface area contributed by atoms with Gasteiger partial charge in [0.05, 0.1) is 17.4 Å². The third-order valence-electron chi connectivity index (χ3n) is 5.40. The van der Waals surface area contributed by atoms with Gasteiger partial charge in [0, 0.05) is 25.6 Å². The number of piperidine rings is 1. The zero-order valence-electron chi connectivity index (χ0n) is 18.1. The highest BCUT2D eigenvalue weighted by atomic mass is 19.1. The standard InChI is InChI=1S/C23H32FN3O3/c1-16(2)29-14-6-11-25-22(28)18-9-12-27(13-10-18)15-21-17(3)30-23(26-21)19-7-4-5-8-20(19)24/h4-5,7-8,16,18H,6,9-15H2,1-3H3,(H,25,28). The van der Waals surface area contributed by atoms with Gasteiger partial charge in [-0.25, -0.2) is 9.37 Å². The zero-order chi connectivity index (χ0) is 21.5. The molecule has 3 rings (SSSR count). The number of ether oxygens (including phenoxy) is 1. The van der Waals surface area contributed by atoms with Crippen LogP contribution in [0.25, 0.3) is 11.5 Å².